The maximum absolute atomic E-state index is 12.2. The highest BCUT2D eigenvalue weighted by Crippen LogP contribution is 2.20. The molecule has 0 saturated carbocycles. The monoisotopic (exact) mass is 331 g/mol. The summed E-state index contributed by atoms with van der Waals surface area (Å²) in [5, 5.41) is 15.8. The standard InChI is InChI=1S/C17H21N3O4/c1-10(14-19-16(20-24-14)17(2,3)4)18-13(21)9-11-7-5-6-8-12(11)15(22)23/h5-8,10H,9H2,1-4H3,(H,18,21)(H,22,23). The zero-order chi connectivity index (χ0) is 17.9. The molecule has 0 aliphatic heterocycles. The van der Waals surface area contributed by atoms with Gasteiger partial charge in [-0.2, -0.15) is 4.98 Å². The van der Waals surface area contributed by atoms with E-state index in [9.17, 15) is 9.59 Å². The zero-order valence-electron chi connectivity index (χ0n) is 14.2. The van der Waals surface area contributed by atoms with E-state index in [1.54, 1.807) is 25.1 Å². The van der Waals surface area contributed by atoms with Crippen LogP contribution in [0.5, 0.6) is 0 Å². The summed E-state index contributed by atoms with van der Waals surface area (Å²) in [5.41, 5.74) is 0.329. The number of amides is 1. The first-order valence-electron chi connectivity index (χ1n) is 7.63. The van der Waals surface area contributed by atoms with Crippen molar-refractivity contribution in [2.24, 2.45) is 0 Å². The van der Waals surface area contributed by atoms with E-state index in [2.05, 4.69) is 15.5 Å². The smallest absolute Gasteiger partial charge is 0.335 e. The summed E-state index contributed by atoms with van der Waals surface area (Å²) >= 11 is 0. The average molecular weight is 331 g/mol. The van der Waals surface area contributed by atoms with Crippen LogP contribution in [0.25, 0.3) is 0 Å². The van der Waals surface area contributed by atoms with Crippen molar-refractivity contribution in [1.29, 1.82) is 0 Å². The van der Waals surface area contributed by atoms with Crippen LogP contribution in [0.4, 0.5) is 0 Å². The van der Waals surface area contributed by atoms with Gasteiger partial charge in [0.2, 0.25) is 11.8 Å². The summed E-state index contributed by atoms with van der Waals surface area (Å²) in [5.74, 6) is -0.487. The van der Waals surface area contributed by atoms with Crippen molar-refractivity contribution in [2.45, 2.75) is 45.6 Å². The number of hydrogen-bond acceptors (Lipinski definition) is 5. The van der Waals surface area contributed by atoms with Gasteiger partial charge in [-0.25, -0.2) is 4.79 Å². The minimum atomic E-state index is -1.06. The highest BCUT2D eigenvalue weighted by molar-refractivity contribution is 5.91. The number of nitrogens with zero attached hydrogens (tertiary/aromatic N) is 2. The number of aromatic nitrogens is 2. The molecule has 7 nitrogen and oxygen atoms in total. The van der Waals surface area contributed by atoms with Crippen molar-refractivity contribution in [3.05, 3.63) is 47.1 Å². The second-order valence-electron chi connectivity index (χ2n) is 6.63. The molecule has 0 fully saturated rings. The first-order valence-corrected chi connectivity index (χ1v) is 7.63. The van der Waals surface area contributed by atoms with Crippen molar-refractivity contribution < 1.29 is 19.2 Å². The molecule has 0 saturated heterocycles. The Balaban J connectivity index is 2.05. The third-order valence-electron chi connectivity index (χ3n) is 3.46. The van der Waals surface area contributed by atoms with E-state index in [4.69, 9.17) is 9.63 Å². The number of hydrogen-bond donors (Lipinski definition) is 2. The molecule has 1 unspecified atom stereocenters. The van der Waals surface area contributed by atoms with Gasteiger partial charge in [0.15, 0.2) is 5.82 Å². The highest BCUT2D eigenvalue weighted by atomic mass is 16.5. The van der Waals surface area contributed by atoms with Gasteiger partial charge in [0.05, 0.1) is 12.0 Å². The lowest BCUT2D eigenvalue weighted by Gasteiger charge is -2.12. The molecule has 0 radical (unpaired) electrons. The third-order valence-corrected chi connectivity index (χ3v) is 3.46. The zero-order valence-corrected chi connectivity index (χ0v) is 14.2. The minimum absolute atomic E-state index is 0.0346. The Morgan fingerprint density at radius 1 is 1.29 bits per heavy atom. The quantitative estimate of drug-likeness (QED) is 0.872. The van der Waals surface area contributed by atoms with Crippen LogP contribution in [0, 0.1) is 0 Å². The Morgan fingerprint density at radius 3 is 2.54 bits per heavy atom. The first-order chi connectivity index (χ1) is 11.2. The van der Waals surface area contributed by atoms with Crippen LogP contribution in [0.15, 0.2) is 28.8 Å². The molecule has 0 aliphatic rings. The number of carboxylic acid groups (broad SMARTS) is 1. The van der Waals surface area contributed by atoms with Crippen LogP contribution < -0.4 is 5.32 Å². The average Bonchev–Trinajstić information content (AvgIpc) is 2.97. The second kappa shape index (κ2) is 6.82. The molecular weight excluding hydrogens is 310 g/mol. The molecule has 1 amide bonds. The van der Waals surface area contributed by atoms with E-state index in [-0.39, 0.29) is 23.3 Å². The lowest BCUT2D eigenvalue weighted by atomic mass is 9.96. The molecule has 24 heavy (non-hydrogen) atoms. The molecular formula is C17H21N3O4. The van der Waals surface area contributed by atoms with Crippen molar-refractivity contribution in [3.63, 3.8) is 0 Å². The normalized spacial score (nSPS) is 12.7. The molecule has 2 N–H and O–H groups in total. The van der Waals surface area contributed by atoms with Crippen LogP contribution in [-0.4, -0.2) is 27.1 Å². The minimum Gasteiger partial charge on any atom is -0.478 e. The molecule has 1 aromatic heterocycles. The van der Waals surface area contributed by atoms with E-state index in [1.807, 2.05) is 20.8 Å². The van der Waals surface area contributed by atoms with Gasteiger partial charge < -0.3 is 14.9 Å². The number of aromatic carboxylic acids is 1. The van der Waals surface area contributed by atoms with E-state index in [1.165, 1.54) is 6.07 Å². The largest absolute Gasteiger partial charge is 0.478 e. The van der Waals surface area contributed by atoms with Crippen LogP contribution in [-0.2, 0) is 16.6 Å². The Kier molecular flexibility index (Phi) is 5.02. The second-order valence-corrected chi connectivity index (χ2v) is 6.63. The summed E-state index contributed by atoms with van der Waals surface area (Å²) in [4.78, 5) is 27.7. The Labute approximate surface area is 140 Å². The predicted octanol–water partition coefficient (Wildman–Crippen LogP) is 2.49. The highest BCUT2D eigenvalue weighted by Gasteiger charge is 2.24. The topological polar surface area (TPSA) is 105 Å². The first kappa shape index (κ1) is 17.7. The molecule has 0 spiro atoms. The fourth-order valence-corrected chi connectivity index (χ4v) is 2.13. The van der Waals surface area contributed by atoms with Gasteiger partial charge in [0, 0.05) is 5.41 Å². The lowest BCUT2D eigenvalue weighted by molar-refractivity contribution is -0.121. The van der Waals surface area contributed by atoms with Gasteiger partial charge in [-0.3, -0.25) is 4.79 Å². The summed E-state index contributed by atoms with van der Waals surface area (Å²) in [6.07, 6.45) is -0.0346. The molecule has 2 aromatic rings. The fraction of sp³-hybridized carbons (Fsp3) is 0.412. The van der Waals surface area contributed by atoms with Crippen molar-refractivity contribution in [2.75, 3.05) is 0 Å². The Hall–Kier alpha value is -2.70. The summed E-state index contributed by atoms with van der Waals surface area (Å²) in [6.45, 7) is 7.64. The molecule has 1 heterocycles. The number of carbonyl (C=O) groups is 2. The van der Waals surface area contributed by atoms with Crippen molar-refractivity contribution in [3.8, 4) is 0 Å². The molecule has 7 heteroatoms. The summed E-state index contributed by atoms with van der Waals surface area (Å²) < 4.78 is 5.20. The van der Waals surface area contributed by atoms with E-state index < -0.39 is 12.0 Å². The number of nitrogens with one attached hydrogen (secondary N) is 1. The molecule has 1 atom stereocenters. The maximum atomic E-state index is 12.2. The number of carbonyl (C=O) groups excluding carboxylic acids is 1. The van der Waals surface area contributed by atoms with Gasteiger partial charge in [-0.1, -0.05) is 44.1 Å². The van der Waals surface area contributed by atoms with Crippen molar-refractivity contribution >= 4 is 11.9 Å². The molecule has 0 bridgehead atoms. The van der Waals surface area contributed by atoms with E-state index in [0.717, 1.165) is 0 Å². The summed E-state index contributed by atoms with van der Waals surface area (Å²) in [7, 11) is 0. The Morgan fingerprint density at radius 2 is 1.96 bits per heavy atom. The fourth-order valence-electron chi connectivity index (χ4n) is 2.13. The van der Waals surface area contributed by atoms with Gasteiger partial charge in [-0.05, 0) is 18.6 Å². The van der Waals surface area contributed by atoms with Crippen LogP contribution in [0.3, 0.4) is 0 Å². The van der Waals surface area contributed by atoms with E-state index in [0.29, 0.717) is 17.3 Å². The SMILES string of the molecule is CC(NC(=O)Cc1ccccc1C(=O)O)c1nc(C(C)(C)C)no1. The van der Waals surface area contributed by atoms with Crippen LogP contribution in [0.2, 0.25) is 0 Å². The van der Waals surface area contributed by atoms with Crippen LogP contribution >= 0.6 is 0 Å². The van der Waals surface area contributed by atoms with Gasteiger partial charge in [0.1, 0.15) is 6.04 Å². The van der Waals surface area contributed by atoms with Gasteiger partial charge >= 0.3 is 5.97 Å². The van der Waals surface area contributed by atoms with E-state index >= 15 is 0 Å². The maximum Gasteiger partial charge on any atom is 0.335 e. The molecule has 0 aliphatic carbocycles. The van der Waals surface area contributed by atoms with Gasteiger partial charge in [-0.15, -0.1) is 0 Å². The number of rotatable bonds is 5. The summed E-state index contributed by atoms with van der Waals surface area (Å²) in [6, 6.07) is 5.96. The molecule has 2 rings (SSSR count). The molecule has 128 valence electrons. The predicted molar refractivity (Wildman–Crippen MR) is 86.7 cm³/mol. The third kappa shape index (κ3) is 4.18. The lowest BCUT2D eigenvalue weighted by Crippen LogP contribution is -2.29. The van der Waals surface area contributed by atoms with Gasteiger partial charge in [0.25, 0.3) is 0 Å². The van der Waals surface area contributed by atoms with Crippen molar-refractivity contribution in [1.82, 2.24) is 15.5 Å². The Bertz CT molecular complexity index is 746. The molecule has 1 aromatic carbocycles. The van der Waals surface area contributed by atoms with Crippen LogP contribution in [0.1, 0.15) is 61.4 Å². The number of carboxylic acids is 1. The number of benzene rings is 1.